The second-order valence-electron chi connectivity index (χ2n) is 11.6. The third-order valence-electron chi connectivity index (χ3n) is 8.99. The molecule has 6 rings (SSSR count). The quantitative estimate of drug-likeness (QED) is 0.249. The molecule has 9 nitrogen and oxygen atoms in total. The van der Waals surface area contributed by atoms with Gasteiger partial charge in [-0.2, -0.15) is 0 Å². The Kier molecular flexibility index (Phi) is 9.12. The van der Waals surface area contributed by atoms with Crippen molar-refractivity contribution >= 4 is 56.8 Å². The minimum atomic E-state index is -0.906. The van der Waals surface area contributed by atoms with E-state index in [-0.39, 0.29) is 34.4 Å². The molecule has 3 aromatic carbocycles. The van der Waals surface area contributed by atoms with Gasteiger partial charge in [0.25, 0.3) is 0 Å². The smallest absolute Gasteiger partial charge is 0.248 e. The molecule has 7 atom stereocenters. The summed E-state index contributed by atoms with van der Waals surface area (Å²) in [7, 11) is 1.57. The average Bonchev–Trinajstić information content (AvgIpc) is 3.65. The number of thioether (sulfide) groups is 1. The largest absolute Gasteiger partial charge is 0.497 e. The zero-order chi connectivity index (χ0) is 31.7. The number of likely N-dealkylation sites (tertiary alicyclic amines) is 1. The van der Waals surface area contributed by atoms with E-state index < -0.39 is 28.7 Å². The number of anilines is 2. The van der Waals surface area contributed by atoms with Gasteiger partial charge >= 0.3 is 0 Å². The Hall–Kier alpha value is -3.54. The number of aliphatic hydroxyl groups is 1. The summed E-state index contributed by atoms with van der Waals surface area (Å²) in [5.74, 6) is -0.942. The number of nitrogens with zero attached hydrogens (tertiary/aromatic N) is 1. The second kappa shape index (κ2) is 13.1. The first-order chi connectivity index (χ1) is 21.8. The number of halogens is 1. The van der Waals surface area contributed by atoms with Crippen LogP contribution in [0.15, 0.2) is 78.9 Å². The molecule has 1 spiro atoms. The highest BCUT2D eigenvalue weighted by Crippen LogP contribution is 2.68. The molecule has 3 amide bonds. The lowest BCUT2D eigenvalue weighted by atomic mass is 9.70. The van der Waals surface area contributed by atoms with Crippen molar-refractivity contribution in [1.82, 2.24) is 4.90 Å². The van der Waals surface area contributed by atoms with E-state index in [2.05, 4.69) is 26.6 Å². The molecular weight excluding hydrogens is 658 g/mol. The number of amides is 3. The molecule has 3 unspecified atom stereocenters. The van der Waals surface area contributed by atoms with Gasteiger partial charge in [0.2, 0.25) is 17.7 Å². The van der Waals surface area contributed by atoms with Crippen LogP contribution in [-0.4, -0.2) is 75.0 Å². The number of rotatable bonds is 11. The van der Waals surface area contributed by atoms with Crippen molar-refractivity contribution in [1.29, 1.82) is 0 Å². The van der Waals surface area contributed by atoms with E-state index in [1.807, 2.05) is 37.3 Å². The highest BCUT2D eigenvalue weighted by molar-refractivity contribution is 9.09. The summed E-state index contributed by atoms with van der Waals surface area (Å²) in [5.41, 5.74) is 2.10. The van der Waals surface area contributed by atoms with Crippen LogP contribution in [0, 0.1) is 11.8 Å². The number of fused-ring (bicyclic) bond motifs is 1. The molecule has 3 heterocycles. The minimum Gasteiger partial charge on any atom is -0.497 e. The summed E-state index contributed by atoms with van der Waals surface area (Å²) in [6.45, 7) is 2.11. The van der Waals surface area contributed by atoms with Crippen molar-refractivity contribution in [3.05, 3.63) is 84.4 Å². The van der Waals surface area contributed by atoms with E-state index in [1.54, 1.807) is 72.3 Å². The number of alkyl halides is 1. The number of aliphatic hydroxyl groups excluding tert-OH is 1. The van der Waals surface area contributed by atoms with Crippen LogP contribution in [0.3, 0.4) is 0 Å². The Labute approximate surface area is 275 Å². The van der Waals surface area contributed by atoms with Crippen LogP contribution < -0.4 is 20.1 Å². The second-order valence-corrected chi connectivity index (χ2v) is 14.3. The molecule has 3 N–H and O–H groups in total. The maximum Gasteiger partial charge on any atom is 0.248 e. The van der Waals surface area contributed by atoms with Gasteiger partial charge in [0, 0.05) is 21.5 Å². The molecule has 236 valence electrons. The summed E-state index contributed by atoms with van der Waals surface area (Å²) < 4.78 is 9.93. The summed E-state index contributed by atoms with van der Waals surface area (Å²) >= 11 is 5.37. The average molecular weight is 695 g/mol. The first-order valence-electron chi connectivity index (χ1n) is 15.1. The van der Waals surface area contributed by atoms with Gasteiger partial charge in [-0.1, -0.05) is 46.3 Å². The molecule has 11 heteroatoms. The molecular formula is C34H36BrN3O6S. The minimum absolute atomic E-state index is 0.0828. The summed E-state index contributed by atoms with van der Waals surface area (Å²) in [6, 6.07) is 22.2. The normalized spacial score (nSPS) is 27.2. The number of hydrogen-bond acceptors (Lipinski definition) is 7. The lowest BCUT2D eigenvalue weighted by Gasteiger charge is -2.37. The van der Waals surface area contributed by atoms with Gasteiger partial charge in [-0.15, -0.1) is 11.8 Å². The zero-order valence-corrected chi connectivity index (χ0v) is 27.4. The van der Waals surface area contributed by atoms with E-state index in [0.717, 1.165) is 5.56 Å². The summed E-state index contributed by atoms with van der Waals surface area (Å²) in [5, 5.41) is 16.5. The van der Waals surface area contributed by atoms with Gasteiger partial charge in [-0.25, -0.2) is 0 Å². The zero-order valence-electron chi connectivity index (χ0n) is 25.0. The number of benzene rings is 3. The van der Waals surface area contributed by atoms with Crippen LogP contribution in [0.2, 0.25) is 0 Å². The molecule has 3 fully saturated rings. The van der Waals surface area contributed by atoms with Gasteiger partial charge in [0.15, 0.2) is 0 Å². The maximum atomic E-state index is 14.6. The van der Waals surface area contributed by atoms with E-state index >= 15 is 0 Å². The van der Waals surface area contributed by atoms with Gasteiger partial charge in [-0.05, 0) is 73.9 Å². The molecule has 0 aliphatic carbocycles. The lowest BCUT2D eigenvalue weighted by molar-refractivity contribution is -0.141. The number of methoxy groups -OCH3 is 1. The van der Waals surface area contributed by atoms with E-state index in [9.17, 15) is 19.5 Å². The topological polar surface area (TPSA) is 117 Å². The third kappa shape index (κ3) is 5.81. The Balaban J connectivity index is 1.35. The van der Waals surface area contributed by atoms with E-state index in [1.165, 1.54) is 0 Å². The number of nitrogens with one attached hydrogen (secondary N) is 2. The van der Waals surface area contributed by atoms with Gasteiger partial charge in [-0.3, -0.25) is 14.4 Å². The fourth-order valence-corrected chi connectivity index (χ4v) is 10.7. The van der Waals surface area contributed by atoms with Crippen molar-refractivity contribution in [3.63, 3.8) is 0 Å². The monoisotopic (exact) mass is 693 g/mol. The summed E-state index contributed by atoms with van der Waals surface area (Å²) in [4.78, 5) is 44.4. The van der Waals surface area contributed by atoms with Crippen molar-refractivity contribution in [2.75, 3.05) is 31.0 Å². The standard InChI is InChI=1S/C34H36BrN3O6S/c1-3-44-25-15-11-21(12-16-25)36-31(40)27-28-33(42)38(23(19-39)17-20-7-5-4-6-8-20)30(34(28)18-26(35)29(27)45-34)32(41)37-22-9-13-24(43-2)14-10-22/h4-16,23,26-30,39H,3,17-19H2,1-2H3,(H,36,40)(H,37,41)/t23-,26?,27+,28+,29+,30?,34?/m1/s1. The molecule has 3 saturated heterocycles. The number of hydrogen-bond donors (Lipinski definition) is 3. The molecule has 2 bridgehead atoms. The van der Waals surface area contributed by atoms with Crippen LogP contribution in [0.5, 0.6) is 11.5 Å². The van der Waals surface area contributed by atoms with Crippen LogP contribution in [0.1, 0.15) is 18.9 Å². The molecule has 3 aliphatic rings. The van der Waals surface area contributed by atoms with Crippen LogP contribution >= 0.6 is 27.7 Å². The van der Waals surface area contributed by atoms with Crippen molar-refractivity contribution in [3.8, 4) is 11.5 Å². The molecule has 0 radical (unpaired) electrons. The lowest BCUT2D eigenvalue weighted by Crippen LogP contribution is -2.55. The third-order valence-corrected chi connectivity index (χ3v) is 12.2. The SMILES string of the molecule is CCOc1ccc(NC(=O)[C@H]2[C@H]3C(=O)N([C@@H](CO)Cc4ccccc4)C(C(=O)Nc4ccc(OC)cc4)C34CC(Br)[C@@H]2S4)cc1. The van der Waals surface area contributed by atoms with E-state index in [4.69, 9.17) is 9.47 Å². The summed E-state index contributed by atoms with van der Waals surface area (Å²) in [6.07, 6.45) is 0.902. The number of carbonyl (C=O) groups is 3. The van der Waals surface area contributed by atoms with Crippen molar-refractivity contribution in [2.24, 2.45) is 11.8 Å². The molecule has 0 aromatic heterocycles. The van der Waals surface area contributed by atoms with Crippen LogP contribution in [0.4, 0.5) is 11.4 Å². The predicted octanol–water partition coefficient (Wildman–Crippen LogP) is 4.74. The van der Waals surface area contributed by atoms with Crippen molar-refractivity contribution < 1.29 is 29.0 Å². The Morgan fingerprint density at radius 3 is 2.22 bits per heavy atom. The van der Waals surface area contributed by atoms with E-state index in [0.29, 0.717) is 42.3 Å². The van der Waals surface area contributed by atoms with Gasteiger partial charge in [0.1, 0.15) is 17.5 Å². The molecule has 0 saturated carbocycles. The Bertz CT molecular complexity index is 1540. The first kappa shape index (κ1) is 31.4. The Morgan fingerprint density at radius 1 is 1.00 bits per heavy atom. The van der Waals surface area contributed by atoms with Gasteiger partial charge < -0.3 is 30.1 Å². The Morgan fingerprint density at radius 2 is 1.62 bits per heavy atom. The van der Waals surface area contributed by atoms with Crippen molar-refractivity contribution in [2.45, 2.75) is 46.7 Å². The fraction of sp³-hybridized carbons (Fsp3) is 0.382. The van der Waals surface area contributed by atoms with Crippen LogP contribution in [0.25, 0.3) is 0 Å². The molecule has 3 aliphatic heterocycles. The highest BCUT2D eigenvalue weighted by atomic mass is 79.9. The first-order valence-corrected chi connectivity index (χ1v) is 16.9. The number of carbonyl (C=O) groups excluding carboxylic acids is 3. The number of ether oxygens (including phenoxy) is 2. The van der Waals surface area contributed by atoms with Gasteiger partial charge in [0.05, 0.1) is 42.9 Å². The van der Waals surface area contributed by atoms with Crippen LogP contribution in [-0.2, 0) is 20.8 Å². The predicted molar refractivity (Wildman–Crippen MR) is 178 cm³/mol. The molecule has 45 heavy (non-hydrogen) atoms. The highest BCUT2D eigenvalue weighted by Gasteiger charge is 2.76. The molecule has 3 aromatic rings. The maximum absolute atomic E-state index is 14.6. The fourth-order valence-electron chi connectivity index (χ4n) is 7.11.